The molecular formula is C11H13BrClN3. The molecule has 0 saturated heterocycles. The number of rotatable bonds is 2. The lowest BCUT2D eigenvalue weighted by Crippen LogP contribution is -2.01. The van der Waals surface area contributed by atoms with Crippen LogP contribution in [0.25, 0.3) is 11.0 Å². The molecule has 2 heterocycles. The normalized spacial score (nSPS) is 11.6. The molecule has 0 aromatic carbocycles. The van der Waals surface area contributed by atoms with Crippen LogP contribution >= 0.6 is 27.5 Å². The van der Waals surface area contributed by atoms with Crippen LogP contribution in [0, 0.1) is 0 Å². The summed E-state index contributed by atoms with van der Waals surface area (Å²) in [6.45, 7) is 6.29. The van der Waals surface area contributed by atoms with Gasteiger partial charge in [-0.2, -0.15) is 0 Å². The van der Waals surface area contributed by atoms with E-state index >= 15 is 0 Å². The third-order valence-corrected chi connectivity index (χ3v) is 3.79. The highest BCUT2D eigenvalue weighted by atomic mass is 79.9. The maximum atomic E-state index is 6.05. The van der Waals surface area contributed by atoms with Gasteiger partial charge in [0.15, 0.2) is 0 Å². The molecule has 0 spiro atoms. The smallest absolute Gasteiger partial charge is 0.143 e. The molecule has 2 aromatic heterocycles. The van der Waals surface area contributed by atoms with E-state index in [9.17, 15) is 0 Å². The van der Waals surface area contributed by atoms with E-state index < -0.39 is 0 Å². The first-order chi connectivity index (χ1) is 7.54. The van der Waals surface area contributed by atoms with Gasteiger partial charge >= 0.3 is 0 Å². The van der Waals surface area contributed by atoms with Crippen molar-refractivity contribution in [1.29, 1.82) is 0 Å². The zero-order valence-corrected chi connectivity index (χ0v) is 11.8. The van der Waals surface area contributed by atoms with Gasteiger partial charge in [-0.05, 0) is 21.8 Å². The second-order valence-corrected chi connectivity index (χ2v) is 5.18. The fourth-order valence-corrected chi connectivity index (χ4v) is 2.35. The molecule has 3 nitrogen and oxygen atoms in total. The summed E-state index contributed by atoms with van der Waals surface area (Å²) in [6.07, 6.45) is 0.823. The van der Waals surface area contributed by atoms with Crippen LogP contribution < -0.4 is 0 Å². The molecular weight excluding hydrogens is 289 g/mol. The van der Waals surface area contributed by atoms with Crippen molar-refractivity contribution in [3.63, 3.8) is 0 Å². The highest BCUT2D eigenvalue weighted by Crippen LogP contribution is 2.34. The van der Waals surface area contributed by atoms with Crippen molar-refractivity contribution in [2.24, 2.45) is 0 Å². The molecule has 0 amide bonds. The van der Waals surface area contributed by atoms with Crippen LogP contribution in [0.15, 0.2) is 4.47 Å². The average molecular weight is 303 g/mol. The van der Waals surface area contributed by atoms with Crippen LogP contribution in [0.2, 0.25) is 5.15 Å². The van der Waals surface area contributed by atoms with E-state index in [0.717, 1.165) is 33.4 Å². The van der Waals surface area contributed by atoms with E-state index in [1.54, 1.807) is 0 Å². The van der Waals surface area contributed by atoms with Crippen molar-refractivity contribution in [2.45, 2.75) is 33.1 Å². The van der Waals surface area contributed by atoms with Gasteiger partial charge in [0, 0.05) is 6.42 Å². The Labute approximate surface area is 108 Å². The summed E-state index contributed by atoms with van der Waals surface area (Å²) >= 11 is 9.53. The minimum absolute atomic E-state index is 0.346. The fraction of sp³-hybridized carbons (Fsp3) is 0.455. The van der Waals surface area contributed by atoms with Crippen molar-refractivity contribution < 1.29 is 0 Å². The van der Waals surface area contributed by atoms with E-state index in [2.05, 4.69) is 44.7 Å². The van der Waals surface area contributed by atoms with Gasteiger partial charge in [-0.15, -0.1) is 0 Å². The molecule has 0 aliphatic carbocycles. The zero-order valence-electron chi connectivity index (χ0n) is 9.43. The van der Waals surface area contributed by atoms with Gasteiger partial charge in [0.1, 0.15) is 16.6 Å². The van der Waals surface area contributed by atoms with E-state index in [-0.39, 0.29) is 0 Å². The van der Waals surface area contributed by atoms with Crippen LogP contribution in [0.4, 0.5) is 0 Å². The van der Waals surface area contributed by atoms with Gasteiger partial charge in [0.05, 0.1) is 15.6 Å². The number of aromatic nitrogens is 3. The first kappa shape index (κ1) is 11.9. The molecule has 2 rings (SSSR count). The van der Waals surface area contributed by atoms with Crippen molar-refractivity contribution in [1.82, 2.24) is 15.0 Å². The van der Waals surface area contributed by atoms with Gasteiger partial charge in [-0.3, -0.25) is 0 Å². The van der Waals surface area contributed by atoms with Crippen LogP contribution in [0.3, 0.4) is 0 Å². The van der Waals surface area contributed by atoms with Crippen LogP contribution in [-0.4, -0.2) is 15.0 Å². The van der Waals surface area contributed by atoms with Crippen molar-refractivity contribution in [2.75, 3.05) is 0 Å². The topological polar surface area (TPSA) is 41.6 Å². The number of aryl methyl sites for hydroxylation is 1. The predicted octanol–water partition coefficient (Wildman–Crippen LogP) is 4.06. The monoisotopic (exact) mass is 301 g/mol. The maximum absolute atomic E-state index is 6.05. The van der Waals surface area contributed by atoms with Crippen LogP contribution in [0.1, 0.15) is 38.2 Å². The second-order valence-electron chi connectivity index (χ2n) is 4.01. The Bertz CT molecular complexity index is 533. The number of nitrogens with zero attached hydrogens (tertiary/aromatic N) is 2. The third kappa shape index (κ3) is 1.84. The number of hydrogen-bond acceptors (Lipinski definition) is 2. The minimum atomic E-state index is 0.346. The molecule has 0 fully saturated rings. The van der Waals surface area contributed by atoms with E-state index in [1.807, 2.05) is 6.92 Å². The number of hydrogen-bond donors (Lipinski definition) is 1. The summed E-state index contributed by atoms with van der Waals surface area (Å²) in [5.41, 5.74) is 1.85. The largest absolute Gasteiger partial charge is 0.329 e. The summed E-state index contributed by atoms with van der Waals surface area (Å²) in [5, 5.41) is 1.58. The van der Waals surface area contributed by atoms with Crippen molar-refractivity contribution >= 4 is 38.6 Å². The molecule has 0 aliphatic rings. The lowest BCUT2D eigenvalue weighted by molar-refractivity contribution is 0.802. The Morgan fingerprint density at radius 1 is 1.38 bits per heavy atom. The molecule has 0 unspecified atom stereocenters. The highest BCUT2D eigenvalue weighted by molar-refractivity contribution is 9.10. The quantitative estimate of drug-likeness (QED) is 0.909. The number of nitrogens with one attached hydrogen (secondary N) is 1. The predicted molar refractivity (Wildman–Crippen MR) is 70.1 cm³/mol. The molecule has 0 radical (unpaired) electrons. The lowest BCUT2D eigenvalue weighted by atomic mass is 10.1. The van der Waals surface area contributed by atoms with Crippen LogP contribution in [0.5, 0.6) is 0 Å². The molecule has 16 heavy (non-hydrogen) atoms. The number of H-pyrrole nitrogens is 1. The third-order valence-electron chi connectivity index (χ3n) is 2.49. The van der Waals surface area contributed by atoms with Crippen LogP contribution in [-0.2, 0) is 6.42 Å². The molecule has 0 saturated carbocycles. The maximum Gasteiger partial charge on any atom is 0.143 e. The fourth-order valence-electron chi connectivity index (χ4n) is 1.68. The molecule has 0 aliphatic heterocycles. The molecule has 0 atom stereocenters. The van der Waals surface area contributed by atoms with Gasteiger partial charge in [-0.25, -0.2) is 9.97 Å². The van der Waals surface area contributed by atoms with Gasteiger partial charge in [0.25, 0.3) is 0 Å². The molecule has 2 aromatic rings. The summed E-state index contributed by atoms with van der Waals surface area (Å²) in [4.78, 5) is 12.1. The Balaban J connectivity index is 2.82. The van der Waals surface area contributed by atoms with E-state index in [4.69, 9.17) is 11.6 Å². The van der Waals surface area contributed by atoms with Gasteiger partial charge < -0.3 is 4.98 Å². The lowest BCUT2D eigenvalue weighted by Gasteiger charge is -2.08. The van der Waals surface area contributed by atoms with Gasteiger partial charge in [0.2, 0.25) is 0 Å². The number of aromatic amines is 1. The summed E-state index contributed by atoms with van der Waals surface area (Å²) in [7, 11) is 0. The van der Waals surface area contributed by atoms with E-state index in [1.165, 1.54) is 0 Å². The van der Waals surface area contributed by atoms with Crippen molar-refractivity contribution in [3.8, 4) is 0 Å². The SMILES string of the molecule is CCc1nc(C(C)C)c2c(Br)c(Cl)[nH]c2n1. The first-order valence-corrected chi connectivity index (χ1v) is 6.45. The Kier molecular flexibility index (Phi) is 3.22. The highest BCUT2D eigenvalue weighted by Gasteiger charge is 2.17. The minimum Gasteiger partial charge on any atom is -0.329 e. The number of halogens is 2. The second kappa shape index (κ2) is 4.34. The molecule has 86 valence electrons. The Morgan fingerprint density at radius 3 is 2.62 bits per heavy atom. The average Bonchev–Trinajstić information content (AvgIpc) is 2.53. The Hall–Kier alpha value is -0.610. The van der Waals surface area contributed by atoms with Crippen molar-refractivity contribution in [3.05, 3.63) is 21.1 Å². The number of fused-ring (bicyclic) bond motifs is 1. The molecule has 5 heteroatoms. The molecule has 1 N–H and O–H groups in total. The van der Waals surface area contributed by atoms with E-state index in [0.29, 0.717) is 11.1 Å². The summed E-state index contributed by atoms with van der Waals surface area (Å²) in [5.74, 6) is 1.19. The first-order valence-electron chi connectivity index (χ1n) is 5.28. The summed E-state index contributed by atoms with van der Waals surface area (Å²) < 4.78 is 0.857. The Morgan fingerprint density at radius 2 is 2.06 bits per heavy atom. The zero-order chi connectivity index (χ0) is 11.9. The summed E-state index contributed by atoms with van der Waals surface area (Å²) in [6, 6.07) is 0. The molecule has 0 bridgehead atoms. The standard InChI is InChI=1S/C11H13BrClN3/c1-4-6-14-9(5(2)3)7-8(12)10(13)16-11(7)15-6/h5H,4H2,1-3H3,(H,14,15,16). The van der Waals surface area contributed by atoms with Gasteiger partial charge in [-0.1, -0.05) is 32.4 Å².